The summed E-state index contributed by atoms with van der Waals surface area (Å²) >= 11 is 0. The number of halogens is 3. The first-order valence-electron chi connectivity index (χ1n) is 9.26. The number of carboxylic acid groups (broad SMARTS) is 1. The molecule has 31 heavy (non-hydrogen) atoms. The normalized spacial score (nSPS) is 11.7. The zero-order chi connectivity index (χ0) is 22.9. The second-order valence-corrected chi connectivity index (χ2v) is 7.18. The Morgan fingerprint density at radius 2 is 1.81 bits per heavy atom. The Labute approximate surface area is 174 Å². The Bertz CT molecular complexity index is 1190. The molecule has 0 fully saturated rings. The fourth-order valence-electron chi connectivity index (χ4n) is 3.15. The third-order valence-electron chi connectivity index (χ3n) is 4.52. The molecule has 0 amide bonds. The van der Waals surface area contributed by atoms with E-state index >= 15 is 0 Å². The Morgan fingerprint density at radius 3 is 2.39 bits per heavy atom. The summed E-state index contributed by atoms with van der Waals surface area (Å²) in [4.78, 5) is 23.3. The molecule has 1 heterocycles. The Kier molecular flexibility index (Phi) is 5.97. The second-order valence-electron chi connectivity index (χ2n) is 7.18. The third-order valence-corrected chi connectivity index (χ3v) is 4.52. The van der Waals surface area contributed by atoms with E-state index in [-0.39, 0.29) is 22.8 Å². The lowest BCUT2D eigenvalue weighted by atomic mass is 9.98. The van der Waals surface area contributed by atoms with Crippen molar-refractivity contribution in [1.82, 2.24) is 0 Å². The molecule has 3 aromatic rings. The summed E-state index contributed by atoms with van der Waals surface area (Å²) in [6, 6.07) is 8.18. The van der Waals surface area contributed by atoms with Crippen molar-refractivity contribution in [3.8, 4) is 17.2 Å². The van der Waals surface area contributed by atoms with Gasteiger partial charge in [-0.05, 0) is 48.2 Å². The molecule has 164 valence electrons. The van der Waals surface area contributed by atoms with Gasteiger partial charge in [0.05, 0.1) is 11.4 Å². The Balaban J connectivity index is 2.11. The zero-order valence-corrected chi connectivity index (χ0v) is 16.8. The molecule has 9 heteroatoms. The summed E-state index contributed by atoms with van der Waals surface area (Å²) in [5.41, 5.74) is 0.358. The Hall–Kier alpha value is -3.49. The minimum absolute atomic E-state index is 0.0629. The molecule has 0 unspecified atom stereocenters. The average molecular weight is 435 g/mol. The molecule has 0 aliphatic heterocycles. The number of fused-ring (bicyclic) bond motifs is 1. The largest absolute Gasteiger partial charge is 0.546 e. The van der Waals surface area contributed by atoms with Crippen molar-refractivity contribution in [2.75, 3.05) is 6.61 Å². The molecule has 0 N–H and O–H groups in total. The summed E-state index contributed by atoms with van der Waals surface area (Å²) in [7, 11) is 0. The van der Waals surface area contributed by atoms with E-state index in [1.807, 2.05) is 13.8 Å². The van der Waals surface area contributed by atoms with Crippen molar-refractivity contribution < 1.29 is 37.0 Å². The van der Waals surface area contributed by atoms with Gasteiger partial charge in [-0.15, -0.1) is 0 Å². The number of carbonyl (C=O) groups is 1. The number of rotatable bonds is 6. The highest BCUT2D eigenvalue weighted by molar-refractivity contribution is 5.80. The van der Waals surface area contributed by atoms with Crippen LogP contribution in [0.2, 0.25) is 0 Å². The molecule has 0 radical (unpaired) electrons. The first-order chi connectivity index (χ1) is 14.5. The maximum absolute atomic E-state index is 13.6. The van der Waals surface area contributed by atoms with Gasteiger partial charge >= 0.3 is 6.18 Å². The maximum atomic E-state index is 13.6. The van der Waals surface area contributed by atoms with Crippen molar-refractivity contribution >= 4 is 16.9 Å². The molecule has 6 nitrogen and oxygen atoms in total. The van der Waals surface area contributed by atoms with Crippen LogP contribution in [0.3, 0.4) is 0 Å². The molecular formula is C22H18F3O6-. The van der Waals surface area contributed by atoms with Crippen molar-refractivity contribution in [3.05, 3.63) is 63.5 Å². The van der Waals surface area contributed by atoms with E-state index in [1.165, 1.54) is 18.2 Å². The van der Waals surface area contributed by atoms with Crippen molar-refractivity contribution in [2.45, 2.75) is 32.9 Å². The topological polar surface area (TPSA) is 88.8 Å². The summed E-state index contributed by atoms with van der Waals surface area (Å²) in [6.45, 7) is 4.94. The Morgan fingerprint density at radius 1 is 1.13 bits per heavy atom. The molecule has 0 bridgehead atoms. The first-order valence-corrected chi connectivity index (χ1v) is 9.26. The summed E-state index contributed by atoms with van der Waals surface area (Å²) in [6.07, 6.45) is -5.02. The number of carboxylic acids is 1. The van der Waals surface area contributed by atoms with Gasteiger partial charge < -0.3 is 23.8 Å². The van der Waals surface area contributed by atoms with Crippen LogP contribution in [0.25, 0.3) is 11.0 Å². The van der Waals surface area contributed by atoms with Crippen LogP contribution in [-0.2, 0) is 11.0 Å². The van der Waals surface area contributed by atoms with Crippen LogP contribution >= 0.6 is 0 Å². The maximum Gasteiger partial charge on any atom is 0.453 e. The number of hydrogen-bond acceptors (Lipinski definition) is 6. The van der Waals surface area contributed by atoms with Gasteiger partial charge in [-0.3, -0.25) is 4.79 Å². The van der Waals surface area contributed by atoms with E-state index < -0.39 is 41.3 Å². The van der Waals surface area contributed by atoms with Crippen LogP contribution in [0, 0.1) is 6.92 Å². The molecular weight excluding hydrogens is 417 g/mol. The van der Waals surface area contributed by atoms with Gasteiger partial charge in [0, 0.05) is 6.07 Å². The van der Waals surface area contributed by atoms with Crippen LogP contribution in [0.1, 0.15) is 36.7 Å². The van der Waals surface area contributed by atoms with E-state index in [4.69, 9.17) is 13.9 Å². The van der Waals surface area contributed by atoms with Gasteiger partial charge in [-0.2, -0.15) is 13.2 Å². The van der Waals surface area contributed by atoms with Crippen LogP contribution in [0.4, 0.5) is 13.2 Å². The summed E-state index contributed by atoms with van der Waals surface area (Å²) in [5.74, 6) is -3.93. The lowest BCUT2D eigenvalue weighted by Crippen LogP contribution is -2.28. The highest BCUT2D eigenvalue weighted by Crippen LogP contribution is 2.39. The number of benzene rings is 2. The quantitative estimate of drug-likeness (QED) is 0.578. The molecule has 3 rings (SSSR count). The smallest absolute Gasteiger partial charge is 0.453 e. The minimum Gasteiger partial charge on any atom is -0.546 e. The first kappa shape index (κ1) is 22.2. The number of aliphatic carboxylic acids is 1. The predicted octanol–water partition coefficient (Wildman–Crippen LogP) is 4.16. The van der Waals surface area contributed by atoms with Crippen LogP contribution < -0.4 is 20.0 Å². The highest BCUT2D eigenvalue weighted by atomic mass is 19.4. The lowest BCUT2D eigenvalue weighted by Gasteiger charge is -2.15. The van der Waals surface area contributed by atoms with Gasteiger partial charge in [-0.1, -0.05) is 19.9 Å². The molecule has 0 saturated heterocycles. The molecule has 0 spiro atoms. The molecule has 2 aromatic carbocycles. The average Bonchev–Trinajstić information content (AvgIpc) is 2.67. The molecule has 0 aliphatic carbocycles. The fraction of sp³-hybridized carbons (Fsp3) is 0.273. The van der Waals surface area contributed by atoms with Crippen LogP contribution in [0.5, 0.6) is 17.2 Å². The highest BCUT2D eigenvalue weighted by Gasteiger charge is 2.40. The lowest BCUT2D eigenvalue weighted by molar-refractivity contribution is -0.307. The third kappa shape index (κ3) is 4.82. The monoisotopic (exact) mass is 435 g/mol. The van der Waals surface area contributed by atoms with Gasteiger partial charge in [-0.25, -0.2) is 0 Å². The molecule has 0 saturated carbocycles. The molecule has 0 aliphatic rings. The number of hydrogen-bond donors (Lipinski definition) is 0. The van der Waals surface area contributed by atoms with Gasteiger partial charge in [0.2, 0.25) is 11.2 Å². The number of carbonyl (C=O) groups excluding carboxylic acids is 1. The van der Waals surface area contributed by atoms with E-state index in [0.29, 0.717) is 0 Å². The molecule has 0 atom stereocenters. The van der Waals surface area contributed by atoms with Crippen molar-refractivity contribution in [3.63, 3.8) is 0 Å². The van der Waals surface area contributed by atoms with Crippen molar-refractivity contribution in [2.24, 2.45) is 0 Å². The van der Waals surface area contributed by atoms with Gasteiger partial charge in [0.15, 0.2) is 0 Å². The predicted molar refractivity (Wildman–Crippen MR) is 103 cm³/mol. The van der Waals surface area contributed by atoms with Crippen LogP contribution in [0.15, 0.2) is 45.6 Å². The number of ether oxygens (including phenoxy) is 2. The van der Waals surface area contributed by atoms with Gasteiger partial charge in [0.1, 0.15) is 23.7 Å². The number of aryl methyl sites for hydroxylation is 1. The molecule has 1 aromatic heterocycles. The second kappa shape index (κ2) is 8.33. The van der Waals surface area contributed by atoms with Crippen LogP contribution in [-0.4, -0.2) is 12.6 Å². The van der Waals surface area contributed by atoms with E-state index in [2.05, 4.69) is 0 Å². The fourth-order valence-corrected chi connectivity index (χ4v) is 3.15. The van der Waals surface area contributed by atoms with E-state index in [9.17, 15) is 27.9 Å². The minimum atomic E-state index is -5.02. The SMILES string of the molecule is Cc1cc(Oc2c(C(F)(F)F)oc3cc(OCC(=O)[O-])ccc3c2=O)ccc1C(C)C. The van der Waals surface area contributed by atoms with Crippen molar-refractivity contribution in [1.29, 1.82) is 0 Å². The number of alkyl halides is 3. The summed E-state index contributed by atoms with van der Waals surface area (Å²) < 4.78 is 56.1. The summed E-state index contributed by atoms with van der Waals surface area (Å²) in [5, 5.41) is 10.3. The van der Waals surface area contributed by atoms with Gasteiger partial charge in [0.25, 0.3) is 5.76 Å². The van der Waals surface area contributed by atoms with E-state index in [1.54, 1.807) is 19.1 Å². The van der Waals surface area contributed by atoms with E-state index in [0.717, 1.165) is 17.2 Å². The zero-order valence-electron chi connectivity index (χ0n) is 16.8. The standard InChI is InChI=1S/C22H19F3O6/c1-11(2)15-6-5-14(8-12(15)3)30-20-19(28)16-7-4-13(29-10-18(26)27)9-17(16)31-21(20)22(23,24)25/h4-9,11H,10H2,1-3H3,(H,26,27)/p-1.